The van der Waals surface area contributed by atoms with Crippen LogP contribution in [-0.2, 0) is 23.8 Å². The van der Waals surface area contributed by atoms with E-state index in [1.54, 1.807) is 0 Å². The number of cyclic esters (lactones) is 1. The molecular weight excluding hydrogens is 703 g/mol. The second kappa shape index (κ2) is 36.3. The molecule has 1 unspecified atom stereocenters. The van der Waals surface area contributed by atoms with Crippen LogP contribution in [-0.4, -0.2) is 55.4 Å². The lowest BCUT2D eigenvalue weighted by Crippen LogP contribution is -2.32. The van der Waals surface area contributed by atoms with E-state index < -0.39 is 23.9 Å². The van der Waals surface area contributed by atoms with Gasteiger partial charge in [0.2, 0.25) is 0 Å². The molecule has 0 aromatic heterocycles. The molecule has 0 spiro atoms. The van der Waals surface area contributed by atoms with E-state index in [1.165, 1.54) is 127 Å². The Balaban J connectivity index is 2.34. The smallest absolute Gasteiger partial charge is 0.407 e. The molecule has 1 heterocycles. The van der Waals surface area contributed by atoms with Crippen molar-refractivity contribution in [3.05, 3.63) is 34.6 Å². The van der Waals surface area contributed by atoms with Crippen molar-refractivity contribution >= 4 is 17.8 Å². The molecule has 1 rings (SSSR count). The van der Waals surface area contributed by atoms with Crippen LogP contribution in [0, 0.1) is 11.8 Å². The summed E-state index contributed by atoms with van der Waals surface area (Å²) in [6.07, 6.45) is 34.9. The highest BCUT2D eigenvalue weighted by Crippen LogP contribution is 2.19. The van der Waals surface area contributed by atoms with E-state index in [0.717, 1.165) is 51.4 Å². The molecule has 8 heteroatoms. The highest BCUT2D eigenvalue weighted by Gasteiger charge is 2.31. The SMILES string of the molecule is CCCCCCCCC#CCCCCCCCCNC(=O)OC(CCC(=O)C1=C(O)COC1=O)COCC=C(C)CCC=C(C)CCCCCCCCCCC. The maximum atomic E-state index is 12.7. The number of amides is 1. The number of aliphatic hydroxyl groups excluding tert-OH is 1. The minimum absolute atomic E-state index is 0.0832. The molecule has 1 aliphatic heterocycles. The molecule has 0 saturated carbocycles. The molecule has 0 fully saturated rings. The Morgan fingerprint density at radius 3 is 1.84 bits per heavy atom. The number of ketones is 1. The number of Topliss-reactive ketones (excluding diaryl/α,β-unsaturated/α-hetero) is 1. The maximum absolute atomic E-state index is 12.7. The molecule has 0 aromatic rings. The number of unbranched alkanes of at least 4 members (excludes halogenated alkanes) is 20. The van der Waals surface area contributed by atoms with Crippen LogP contribution in [0.1, 0.15) is 207 Å². The fourth-order valence-electron chi connectivity index (χ4n) is 6.73. The largest absolute Gasteiger partial charge is 0.508 e. The zero-order valence-electron chi connectivity index (χ0n) is 36.3. The van der Waals surface area contributed by atoms with Gasteiger partial charge in [0, 0.05) is 25.8 Å². The minimum Gasteiger partial charge on any atom is -0.508 e. The lowest BCUT2D eigenvalue weighted by molar-refractivity contribution is -0.137. The van der Waals surface area contributed by atoms with Gasteiger partial charge >= 0.3 is 12.1 Å². The van der Waals surface area contributed by atoms with Gasteiger partial charge in [-0.05, 0) is 65.2 Å². The first-order valence-electron chi connectivity index (χ1n) is 22.7. The van der Waals surface area contributed by atoms with Crippen molar-refractivity contribution in [1.82, 2.24) is 5.32 Å². The number of hydrogen-bond donors (Lipinski definition) is 2. The fourth-order valence-corrected chi connectivity index (χ4v) is 6.73. The van der Waals surface area contributed by atoms with Crippen LogP contribution in [0.5, 0.6) is 0 Å². The third-order valence-electron chi connectivity index (χ3n) is 10.4. The summed E-state index contributed by atoms with van der Waals surface area (Å²) in [7, 11) is 0. The molecule has 56 heavy (non-hydrogen) atoms. The number of ether oxygens (including phenoxy) is 3. The van der Waals surface area contributed by atoms with Crippen LogP contribution in [0.25, 0.3) is 0 Å². The first kappa shape index (κ1) is 51.0. The van der Waals surface area contributed by atoms with Crippen LogP contribution in [0.3, 0.4) is 0 Å². The second-order valence-corrected chi connectivity index (χ2v) is 15.8. The van der Waals surface area contributed by atoms with Crippen LogP contribution in [0.2, 0.25) is 0 Å². The molecule has 8 nitrogen and oxygen atoms in total. The van der Waals surface area contributed by atoms with Crippen molar-refractivity contribution in [1.29, 1.82) is 0 Å². The summed E-state index contributed by atoms with van der Waals surface area (Å²) < 4.78 is 16.3. The molecule has 0 saturated heterocycles. The van der Waals surface area contributed by atoms with Crippen LogP contribution in [0.15, 0.2) is 34.6 Å². The first-order chi connectivity index (χ1) is 27.3. The average Bonchev–Trinajstić information content (AvgIpc) is 3.52. The molecule has 2 N–H and O–H groups in total. The van der Waals surface area contributed by atoms with Gasteiger partial charge in [-0.25, -0.2) is 9.59 Å². The standard InChI is InChI=1S/C48H81NO7/c1-5-7-9-11-13-15-16-17-18-19-20-21-23-25-27-29-37-49-48(53)56-43(34-35-44(50)46-45(51)40-55-47(46)52)39-54-38-36-42(4)33-30-32-41(3)31-28-26-24-22-14-12-10-8-6-2/h32,36,43,51H,5-16,19-31,33-35,37-40H2,1-4H3,(H,49,53). The molecule has 320 valence electrons. The Morgan fingerprint density at radius 1 is 0.732 bits per heavy atom. The summed E-state index contributed by atoms with van der Waals surface area (Å²) >= 11 is 0. The monoisotopic (exact) mass is 784 g/mol. The number of esters is 1. The Bertz CT molecular complexity index is 1210. The molecule has 1 amide bonds. The maximum Gasteiger partial charge on any atom is 0.407 e. The van der Waals surface area contributed by atoms with Crippen LogP contribution < -0.4 is 5.32 Å². The van der Waals surface area contributed by atoms with E-state index in [0.29, 0.717) is 13.2 Å². The van der Waals surface area contributed by atoms with Gasteiger partial charge in [0.15, 0.2) is 5.78 Å². The van der Waals surface area contributed by atoms with E-state index in [4.69, 9.17) is 14.2 Å². The molecule has 1 atom stereocenters. The Hall–Kier alpha value is -3.05. The average molecular weight is 784 g/mol. The van der Waals surface area contributed by atoms with Crippen molar-refractivity contribution in [2.75, 3.05) is 26.4 Å². The summed E-state index contributed by atoms with van der Waals surface area (Å²) in [5.41, 5.74) is 2.38. The minimum atomic E-state index is -0.819. The van der Waals surface area contributed by atoms with E-state index in [-0.39, 0.29) is 37.4 Å². The zero-order chi connectivity index (χ0) is 40.9. The van der Waals surface area contributed by atoms with E-state index in [2.05, 4.69) is 50.9 Å². The summed E-state index contributed by atoms with van der Waals surface area (Å²) in [4.78, 5) is 37.2. The third-order valence-corrected chi connectivity index (χ3v) is 10.4. The number of allylic oxidation sites excluding steroid dienone is 3. The summed E-state index contributed by atoms with van der Waals surface area (Å²) in [6.45, 7) is 9.54. The number of carbonyl (C=O) groups is 3. The van der Waals surface area contributed by atoms with Gasteiger partial charge in [-0.3, -0.25) is 4.79 Å². The lowest BCUT2D eigenvalue weighted by atomic mass is 10.0. The Morgan fingerprint density at radius 2 is 1.27 bits per heavy atom. The number of hydrogen-bond acceptors (Lipinski definition) is 7. The van der Waals surface area contributed by atoms with Crippen molar-refractivity contribution in [3.8, 4) is 11.8 Å². The predicted octanol–water partition coefficient (Wildman–Crippen LogP) is 12.9. The first-order valence-corrected chi connectivity index (χ1v) is 22.7. The van der Waals surface area contributed by atoms with E-state index in [1.807, 2.05) is 6.08 Å². The summed E-state index contributed by atoms with van der Waals surface area (Å²) in [5, 5.41) is 12.7. The summed E-state index contributed by atoms with van der Waals surface area (Å²) in [6, 6.07) is 0. The third kappa shape index (κ3) is 29.2. The van der Waals surface area contributed by atoms with E-state index >= 15 is 0 Å². The van der Waals surface area contributed by atoms with Gasteiger partial charge in [-0.2, -0.15) is 0 Å². The molecule has 0 aliphatic carbocycles. The number of alkyl carbamates (subject to hydrolysis) is 1. The molecule has 0 radical (unpaired) electrons. The van der Waals surface area contributed by atoms with Crippen molar-refractivity contribution in [2.24, 2.45) is 0 Å². The zero-order valence-corrected chi connectivity index (χ0v) is 36.3. The van der Waals surface area contributed by atoms with Crippen LogP contribution in [0.4, 0.5) is 4.79 Å². The predicted molar refractivity (Wildman–Crippen MR) is 231 cm³/mol. The number of rotatable bonds is 36. The van der Waals surface area contributed by atoms with Crippen molar-refractivity contribution < 1.29 is 33.7 Å². The lowest BCUT2D eigenvalue weighted by Gasteiger charge is -2.18. The topological polar surface area (TPSA) is 111 Å². The Kier molecular flexibility index (Phi) is 33.0. The number of aliphatic hydroxyl groups is 1. The van der Waals surface area contributed by atoms with Crippen LogP contribution >= 0.6 is 0 Å². The van der Waals surface area contributed by atoms with Gasteiger partial charge in [-0.15, -0.1) is 11.8 Å². The van der Waals surface area contributed by atoms with Gasteiger partial charge in [0.25, 0.3) is 0 Å². The number of carbonyl (C=O) groups excluding carboxylic acids is 3. The highest BCUT2D eigenvalue weighted by atomic mass is 16.6. The van der Waals surface area contributed by atoms with E-state index in [9.17, 15) is 19.5 Å². The quantitative estimate of drug-likeness (QED) is 0.0214. The molecule has 0 bridgehead atoms. The molecule has 0 aromatic carbocycles. The van der Waals surface area contributed by atoms with Crippen molar-refractivity contribution in [2.45, 2.75) is 214 Å². The normalized spacial score (nSPS) is 13.8. The van der Waals surface area contributed by atoms with Gasteiger partial charge in [0.1, 0.15) is 24.0 Å². The summed E-state index contributed by atoms with van der Waals surface area (Å²) in [5.74, 6) is 4.95. The van der Waals surface area contributed by atoms with Crippen molar-refractivity contribution in [3.63, 3.8) is 0 Å². The fraction of sp³-hybridized carbons (Fsp3) is 0.771. The Labute approximate surface area is 342 Å². The number of nitrogens with one attached hydrogen (secondary N) is 1. The highest BCUT2D eigenvalue weighted by molar-refractivity contribution is 6.18. The van der Waals surface area contributed by atoms with Gasteiger partial charge in [-0.1, -0.05) is 146 Å². The molecular formula is C48H81NO7. The molecule has 1 aliphatic rings. The van der Waals surface area contributed by atoms with Gasteiger partial charge < -0.3 is 24.6 Å². The van der Waals surface area contributed by atoms with Gasteiger partial charge in [0.05, 0.1) is 13.2 Å². The second-order valence-electron chi connectivity index (χ2n) is 15.8.